The maximum Gasteiger partial charge on any atom is 0.131 e. The monoisotopic (exact) mass is 323 g/mol. The minimum absolute atomic E-state index is 0.253. The van der Waals surface area contributed by atoms with Crippen LogP contribution in [0.3, 0.4) is 0 Å². The first-order valence-electron chi connectivity index (χ1n) is 7.96. The molecule has 0 unspecified atom stereocenters. The van der Waals surface area contributed by atoms with Gasteiger partial charge in [0.05, 0.1) is 19.0 Å². The Hall–Kier alpha value is -2.82. The molecule has 1 aromatic heterocycles. The Morgan fingerprint density at radius 3 is 2.88 bits per heavy atom. The van der Waals surface area contributed by atoms with Gasteiger partial charge < -0.3 is 9.64 Å². The topological polar surface area (TPSA) is 41.2 Å². The first-order chi connectivity index (χ1) is 11.7. The van der Waals surface area contributed by atoms with Crippen LogP contribution in [0.5, 0.6) is 5.75 Å². The van der Waals surface area contributed by atoms with Gasteiger partial charge in [0.25, 0.3) is 0 Å². The number of ether oxygens (including phenoxy) is 1. The molecule has 0 fully saturated rings. The van der Waals surface area contributed by atoms with E-state index in [1.807, 2.05) is 24.4 Å². The number of fused-ring (bicyclic) bond motifs is 3. The van der Waals surface area contributed by atoms with E-state index in [1.54, 1.807) is 19.2 Å². The van der Waals surface area contributed by atoms with Crippen LogP contribution in [0, 0.1) is 5.82 Å². The Balaban J connectivity index is 1.87. The number of hydrogen-bond acceptors (Lipinski definition) is 3. The fourth-order valence-corrected chi connectivity index (χ4v) is 3.26. The van der Waals surface area contributed by atoms with Crippen molar-refractivity contribution in [3.05, 3.63) is 54.0 Å². The third kappa shape index (κ3) is 2.24. The van der Waals surface area contributed by atoms with Gasteiger partial charge in [0.1, 0.15) is 11.6 Å². The van der Waals surface area contributed by atoms with Gasteiger partial charge in [-0.1, -0.05) is 12.1 Å². The number of anilines is 1. The predicted molar refractivity (Wildman–Crippen MR) is 92.7 cm³/mol. The summed E-state index contributed by atoms with van der Waals surface area (Å²) in [5, 5.41) is 7.24. The maximum absolute atomic E-state index is 14.3. The summed E-state index contributed by atoms with van der Waals surface area (Å²) in [7, 11) is 1.59. The van der Waals surface area contributed by atoms with Crippen molar-refractivity contribution in [3.8, 4) is 28.1 Å². The lowest BCUT2D eigenvalue weighted by atomic mass is 9.95. The van der Waals surface area contributed by atoms with Crippen molar-refractivity contribution in [1.82, 2.24) is 10.2 Å². The van der Waals surface area contributed by atoms with E-state index >= 15 is 0 Å². The van der Waals surface area contributed by atoms with Gasteiger partial charge in [0, 0.05) is 35.5 Å². The van der Waals surface area contributed by atoms with Gasteiger partial charge in [0.2, 0.25) is 0 Å². The molecule has 0 aliphatic carbocycles. The van der Waals surface area contributed by atoms with Crippen LogP contribution in [-0.2, 0) is 6.54 Å². The first-order valence-corrected chi connectivity index (χ1v) is 7.96. The number of nitrogens with one attached hydrogen (secondary N) is 1. The molecular formula is C19H18FN3O. The van der Waals surface area contributed by atoms with Crippen LogP contribution in [0.4, 0.5) is 10.1 Å². The van der Waals surface area contributed by atoms with Crippen LogP contribution in [0.1, 0.15) is 12.5 Å². The Morgan fingerprint density at radius 2 is 2.08 bits per heavy atom. The zero-order valence-electron chi connectivity index (χ0n) is 13.6. The second-order valence-electron chi connectivity index (χ2n) is 5.86. The number of H-pyrrole nitrogens is 1. The Labute approximate surface area is 139 Å². The van der Waals surface area contributed by atoms with Gasteiger partial charge in [-0.3, -0.25) is 5.10 Å². The smallest absolute Gasteiger partial charge is 0.131 e. The summed E-state index contributed by atoms with van der Waals surface area (Å²) in [6.45, 7) is 3.80. The largest absolute Gasteiger partial charge is 0.497 e. The van der Waals surface area contributed by atoms with Crippen molar-refractivity contribution in [2.45, 2.75) is 13.5 Å². The fraction of sp³-hybridized carbons (Fsp3) is 0.211. The van der Waals surface area contributed by atoms with E-state index in [0.717, 1.165) is 35.6 Å². The molecule has 1 N–H and O–H groups in total. The molecule has 24 heavy (non-hydrogen) atoms. The molecule has 0 spiro atoms. The summed E-state index contributed by atoms with van der Waals surface area (Å²) in [5.74, 6) is 0.393. The average Bonchev–Trinajstić information content (AvgIpc) is 3.09. The highest BCUT2D eigenvalue weighted by molar-refractivity contribution is 5.85. The van der Waals surface area contributed by atoms with E-state index in [1.165, 1.54) is 11.6 Å². The number of nitrogens with zero attached hydrogens (tertiary/aromatic N) is 2. The molecule has 3 aromatic rings. The molecule has 1 aliphatic rings. The van der Waals surface area contributed by atoms with Crippen LogP contribution < -0.4 is 9.64 Å². The van der Waals surface area contributed by atoms with Gasteiger partial charge in [-0.15, -0.1) is 0 Å². The molecule has 0 saturated carbocycles. The number of aromatic amines is 1. The molecule has 0 amide bonds. The molecule has 1 aliphatic heterocycles. The molecule has 5 heteroatoms. The van der Waals surface area contributed by atoms with E-state index in [2.05, 4.69) is 22.0 Å². The second-order valence-corrected chi connectivity index (χ2v) is 5.86. The van der Waals surface area contributed by atoms with Gasteiger partial charge in [-0.25, -0.2) is 4.39 Å². The standard InChI is InChI=1S/C19H18FN3O/c1-3-23-11-13-10-21-22-19(13)15-6-4-12(8-18(15)23)16-9-14(24-2)5-7-17(16)20/h4-10H,3,11H2,1-2H3,(H,21,22). The molecule has 0 saturated heterocycles. The molecule has 0 bridgehead atoms. The SMILES string of the molecule is CCN1Cc2cn[nH]c2-c2ccc(-c3cc(OC)ccc3F)cc21. The lowest BCUT2D eigenvalue weighted by Crippen LogP contribution is -2.25. The quantitative estimate of drug-likeness (QED) is 0.784. The van der Waals surface area contributed by atoms with Crippen LogP contribution in [0.25, 0.3) is 22.4 Å². The summed E-state index contributed by atoms with van der Waals surface area (Å²) in [5.41, 5.74) is 5.81. The van der Waals surface area contributed by atoms with E-state index in [4.69, 9.17) is 4.74 Å². The molecule has 2 aromatic carbocycles. The Kier molecular flexibility index (Phi) is 3.49. The van der Waals surface area contributed by atoms with E-state index < -0.39 is 0 Å². The molecule has 4 nitrogen and oxygen atoms in total. The number of rotatable bonds is 3. The molecule has 0 atom stereocenters. The third-order valence-electron chi connectivity index (χ3n) is 4.55. The highest BCUT2D eigenvalue weighted by Gasteiger charge is 2.23. The van der Waals surface area contributed by atoms with Crippen molar-refractivity contribution in [1.29, 1.82) is 0 Å². The van der Waals surface area contributed by atoms with E-state index in [9.17, 15) is 4.39 Å². The summed E-state index contributed by atoms with van der Waals surface area (Å²) in [4.78, 5) is 2.27. The molecule has 2 heterocycles. The number of aromatic nitrogens is 2. The fourth-order valence-electron chi connectivity index (χ4n) is 3.26. The highest BCUT2D eigenvalue weighted by Crippen LogP contribution is 2.40. The number of hydrogen-bond donors (Lipinski definition) is 1. The second kappa shape index (κ2) is 5.67. The third-order valence-corrected chi connectivity index (χ3v) is 4.55. The first kappa shape index (κ1) is 14.8. The lowest BCUT2D eigenvalue weighted by Gasteiger charge is -2.30. The van der Waals surface area contributed by atoms with Crippen molar-refractivity contribution in [3.63, 3.8) is 0 Å². The van der Waals surface area contributed by atoms with Crippen molar-refractivity contribution < 1.29 is 9.13 Å². The van der Waals surface area contributed by atoms with Crippen LogP contribution in [0.2, 0.25) is 0 Å². The normalized spacial score (nSPS) is 12.7. The lowest BCUT2D eigenvalue weighted by molar-refractivity contribution is 0.414. The van der Waals surface area contributed by atoms with Crippen molar-refractivity contribution in [2.75, 3.05) is 18.6 Å². The molecule has 122 valence electrons. The van der Waals surface area contributed by atoms with E-state index in [0.29, 0.717) is 11.3 Å². The predicted octanol–water partition coefficient (Wildman–Crippen LogP) is 4.23. The summed E-state index contributed by atoms with van der Waals surface area (Å²) >= 11 is 0. The van der Waals surface area contributed by atoms with Crippen LogP contribution >= 0.6 is 0 Å². The zero-order chi connectivity index (χ0) is 16.7. The van der Waals surface area contributed by atoms with Crippen LogP contribution in [0.15, 0.2) is 42.6 Å². The summed E-state index contributed by atoms with van der Waals surface area (Å²) in [6.07, 6.45) is 1.87. The Bertz CT molecular complexity index is 903. The number of methoxy groups -OCH3 is 1. The van der Waals surface area contributed by atoms with Gasteiger partial charge in [0.15, 0.2) is 0 Å². The average molecular weight is 323 g/mol. The molecular weight excluding hydrogens is 305 g/mol. The van der Waals surface area contributed by atoms with Crippen molar-refractivity contribution >= 4 is 5.69 Å². The Morgan fingerprint density at radius 1 is 1.21 bits per heavy atom. The summed E-state index contributed by atoms with van der Waals surface area (Å²) in [6, 6.07) is 10.8. The minimum Gasteiger partial charge on any atom is -0.497 e. The minimum atomic E-state index is -0.253. The number of benzene rings is 2. The van der Waals surface area contributed by atoms with E-state index in [-0.39, 0.29) is 5.82 Å². The van der Waals surface area contributed by atoms with Gasteiger partial charge >= 0.3 is 0 Å². The van der Waals surface area contributed by atoms with Crippen molar-refractivity contribution in [2.24, 2.45) is 0 Å². The summed E-state index contributed by atoms with van der Waals surface area (Å²) < 4.78 is 19.5. The van der Waals surface area contributed by atoms with Gasteiger partial charge in [-0.2, -0.15) is 5.10 Å². The maximum atomic E-state index is 14.3. The molecule has 4 rings (SSSR count). The molecule has 0 radical (unpaired) electrons. The highest BCUT2D eigenvalue weighted by atomic mass is 19.1. The zero-order valence-corrected chi connectivity index (χ0v) is 13.6. The van der Waals surface area contributed by atoms with Crippen LogP contribution in [-0.4, -0.2) is 23.9 Å². The van der Waals surface area contributed by atoms with Gasteiger partial charge in [-0.05, 0) is 36.8 Å². The number of halogens is 1.